The molecule has 98 valence electrons. The third-order valence-corrected chi connectivity index (χ3v) is 3.95. The fraction of sp³-hybridized carbons (Fsp3) is 0.462. The SMILES string of the molecule is COC(=O)C(C)CSCc1ccc2c(c1)OCO2. The second-order valence-electron chi connectivity index (χ2n) is 4.13. The van der Waals surface area contributed by atoms with Crippen molar-refractivity contribution in [1.82, 2.24) is 0 Å². The minimum atomic E-state index is -0.159. The van der Waals surface area contributed by atoms with Crippen LogP contribution >= 0.6 is 11.8 Å². The molecule has 1 atom stereocenters. The summed E-state index contributed by atoms with van der Waals surface area (Å²) in [6, 6.07) is 5.92. The highest BCUT2D eigenvalue weighted by Crippen LogP contribution is 2.33. The molecule has 0 radical (unpaired) electrons. The number of carbonyl (C=O) groups excluding carboxylic acids is 1. The van der Waals surface area contributed by atoms with Gasteiger partial charge in [-0.25, -0.2) is 0 Å². The van der Waals surface area contributed by atoms with Gasteiger partial charge in [-0.05, 0) is 17.7 Å². The smallest absolute Gasteiger partial charge is 0.309 e. The van der Waals surface area contributed by atoms with E-state index in [0.29, 0.717) is 6.79 Å². The van der Waals surface area contributed by atoms with Crippen molar-refractivity contribution >= 4 is 17.7 Å². The lowest BCUT2D eigenvalue weighted by atomic mass is 10.2. The number of hydrogen-bond donors (Lipinski definition) is 0. The summed E-state index contributed by atoms with van der Waals surface area (Å²) in [6.07, 6.45) is 0. The van der Waals surface area contributed by atoms with Crippen molar-refractivity contribution < 1.29 is 19.0 Å². The molecule has 0 fully saturated rings. The number of rotatable bonds is 5. The molecule has 5 heteroatoms. The molecule has 0 amide bonds. The maximum atomic E-state index is 11.2. The first-order valence-corrected chi connectivity index (χ1v) is 6.90. The number of benzene rings is 1. The molecule has 0 saturated carbocycles. The Kier molecular flexibility index (Phi) is 4.36. The Hall–Kier alpha value is -1.36. The first-order valence-electron chi connectivity index (χ1n) is 5.75. The average molecular weight is 268 g/mol. The average Bonchev–Trinajstić information content (AvgIpc) is 2.85. The van der Waals surface area contributed by atoms with Crippen molar-refractivity contribution in [2.45, 2.75) is 12.7 Å². The minimum absolute atomic E-state index is 0.0750. The Morgan fingerprint density at radius 1 is 1.44 bits per heavy atom. The maximum Gasteiger partial charge on any atom is 0.309 e. The Morgan fingerprint density at radius 2 is 2.22 bits per heavy atom. The molecule has 18 heavy (non-hydrogen) atoms. The number of ether oxygens (including phenoxy) is 3. The fourth-order valence-corrected chi connectivity index (χ4v) is 2.68. The van der Waals surface area contributed by atoms with E-state index in [9.17, 15) is 4.79 Å². The monoisotopic (exact) mass is 268 g/mol. The fourth-order valence-electron chi connectivity index (χ4n) is 1.65. The van der Waals surface area contributed by atoms with E-state index in [4.69, 9.17) is 9.47 Å². The van der Waals surface area contributed by atoms with Crippen molar-refractivity contribution in [2.24, 2.45) is 5.92 Å². The summed E-state index contributed by atoms with van der Waals surface area (Å²) in [7, 11) is 1.42. The highest BCUT2D eigenvalue weighted by Gasteiger charge is 2.15. The number of hydrogen-bond acceptors (Lipinski definition) is 5. The number of fused-ring (bicyclic) bond motifs is 1. The van der Waals surface area contributed by atoms with Crippen LogP contribution in [0.2, 0.25) is 0 Å². The van der Waals surface area contributed by atoms with Crippen molar-refractivity contribution in [3.8, 4) is 11.5 Å². The second kappa shape index (κ2) is 6.00. The van der Waals surface area contributed by atoms with E-state index < -0.39 is 0 Å². The van der Waals surface area contributed by atoms with E-state index >= 15 is 0 Å². The van der Waals surface area contributed by atoms with E-state index in [0.717, 1.165) is 23.0 Å². The molecule has 0 N–H and O–H groups in total. The zero-order valence-corrected chi connectivity index (χ0v) is 11.3. The standard InChI is InChI=1S/C13H16O4S/c1-9(13(14)15-2)6-18-7-10-3-4-11-12(5-10)17-8-16-11/h3-5,9H,6-8H2,1-2H3. The molecule has 0 saturated heterocycles. The van der Waals surface area contributed by atoms with Crippen LogP contribution in [0, 0.1) is 5.92 Å². The van der Waals surface area contributed by atoms with Gasteiger partial charge in [0.25, 0.3) is 0 Å². The number of carbonyl (C=O) groups is 1. The van der Waals surface area contributed by atoms with Crippen LogP contribution in [0.1, 0.15) is 12.5 Å². The van der Waals surface area contributed by atoms with Gasteiger partial charge in [0.1, 0.15) is 0 Å². The summed E-state index contributed by atoms with van der Waals surface area (Å²) in [5.41, 5.74) is 1.17. The molecule has 0 aliphatic carbocycles. The lowest BCUT2D eigenvalue weighted by molar-refractivity contribution is -0.143. The van der Waals surface area contributed by atoms with Gasteiger partial charge >= 0.3 is 5.97 Å². The molecule has 1 aromatic carbocycles. The van der Waals surface area contributed by atoms with Gasteiger partial charge in [0.05, 0.1) is 13.0 Å². The molecule has 4 nitrogen and oxygen atoms in total. The van der Waals surface area contributed by atoms with Crippen molar-refractivity contribution in [2.75, 3.05) is 19.7 Å². The second-order valence-corrected chi connectivity index (χ2v) is 5.16. The maximum absolute atomic E-state index is 11.2. The highest BCUT2D eigenvalue weighted by molar-refractivity contribution is 7.98. The van der Waals surface area contributed by atoms with Crippen molar-refractivity contribution in [3.63, 3.8) is 0 Å². The molecule has 0 bridgehead atoms. The van der Waals surface area contributed by atoms with Crippen LogP contribution in [0.4, 0.5) is 0 Å². The first kappa shape index (κ1) is 13.1. The normalized spacial score (nSPS) is 14.3. The third-order valence-electron chi connectivity index (χ3n) is 2.68. The van der Waals surface area contributed by atoms with E-state index in [-0.39, 0.29) is 11.9 Å². The van der Waals surface area contributed by atoms with Gasteiger partial charge in [0, 0.05) is 11.5 Å². The van der Waals surface area contributed by atoms with Crippen LogP contribution in [0.15, 0.2) is 18.2 Å². The number of thioether (sulfide) groups is 1. The Labute approximate surface area is 111 Å². The summed E-state index contributed by atoms with van der Waals surface area (Å²) < 4.78 is 15.3. The Morgan fingerprint density at radius 3 is 3.00 bits per heavy atom. The van der Waals surface area contributed by atoms with Gasteiger partial charge < -0.3 is 14.2 Å². The third kappa shape index (κ3) is 3.10. The zero-order chi connectivity index (χ0) is 13.0. The quantitative estimate of drug-likeness (QED) is 0.768. The summed E-state index contributed by atoms with van der Waals surface area (Å²) in [6.45, 7) is 2.17. The van der Waals surface area contributed by atoms with E-state index in [1.54, 1.807) is 11.8 Å². The van der Waals surface area contributed by atoms with E-state index in [2.05, 4.69) is 4.74 Å². The molecule has 0 aromatic heterocycles. The van der Waals surface area contributed by atoms with Crippen LogP contribution in [-0.2, 0) is 15.3 Å². The lowest BCUT2D eigenvalue weighted by Gasteiger charge is -2.08. The minimum Gasteiger partial charge on any atom is -0.469 e. The summed E-state index contributed by atoms with van der Waals surface area (Å²) in [5, 5.41) is 0. The van der Waals surface area contributed by atoms with Gasteiger partial charge in [0.2, 0.25) is 6.79 Å². The van der Waals surface area contributed by atoms with Crippen molar-refractivity contribution in [3.05, 3.63) is 23.8 Å². The van der Waals surface area contributed by atoms with Crippen molar-refractivity contribution in [1.29, 1.82) is 0 Å². The van der Waals surface area contributed by atoms with Crippen LogP contribution in [0.25, 0.3) is 0 Å². The lowest BCUT2D eigenvalue weighted by Crippen LogP contribution is -2.14. The summed E-state index contributed by atoms with van der Waals surface area (Å²) in [4.78, 5) is 11.2. The molecular formula is C13H16O4S. The van der Waals surface area contributed by atoms with Gasteiger partial charge in [-0.1, -0.05) is 13.0 Å². The van der Waals surface area contributed by atoms with Gasteiger partial charge in [-0.3, -0.25) is 4.79 Å². The van der Waals surface area contributed by atoms with E-state index in [1.165, 1.54) is 12.7 Å². The summed E-state index contributed by atoms with van der Waals surface area (Å²) >= 11 is 1.71. The predicted octanol–water partition coefficient (Wildman–Crippen LogP) is 2.46. The van der Waals surface area contributed by atoms with Gasteiger partial charge in [-0.15, -0.1) is 0 Å². The molecule has 0 spiro atoms. The topological polar surface area (TPSA) is 44.8 Å². The molecular weight excluding hydrogens is 252 g/mol. The molecule has 1 heterocycles. The van der Waals surface area contributed by atoms with Gasteiger partial charge in [-0.2, -0.15) is 11.8 Å². The molecule has 1 unspecified atom stereocenters. The van der Waals surface area contributed by atoms with Crippen LogP contribution < -0.4 is 9.47 Å². The zero-order valence-electron chi connectivity index (χ0n) is 10.5. The van der Waals surface area contributed by atoms with Crippen LogP contribution in [-0.4, -0.2) is 25.6 Å². The van der Waals surface area contributed by atoms with E-state index in [1.807, 2.05) is 25.1 Å². The van der Waals surface area contributed by atoms with Crippen LogP contribution in [0.3, 0.4) is 0 Å². The summed E-state index contributed by atoms with van der Waals surface area (Å²) in [5.74, 6) is 2.96. The molecule has 1 aliphatic heterocycles. The number of methoxy groups -OCH3 is 1. The first-order chi connectivity index (χ1) is 8.70. The largest absolute Gasteiger partial charge is 0.469 e. The Balaban J connectivity index is 1.82. The van der Waals surface area contributed by atoms with Gasteiger partial charge in [0.15, 0.2) is 11.5 Å². The number of esters is 1. The molecule has 1 aromatic rings. The Bertz CT molecular complexity index is 433. The highest BCUT2D eigenvalue weighted by atomic mass is 32.2. The molecule has 2 rings (SSSR count). The predicted molar refractivity (Wildman–Crippen MR) is 69.9 cm³/mol. The van der Waals surface area contributed by atoms with Crippen LogP contribution in [0.5, 0.6) is 11.5 Å². The molecule has 1 aliphatic rings.